The first-order valence-corrected chi connectivity index (χ1v) is 25.1. The molecule has 2 aliphatic heterocycles. The van der Waals surface area contributed by atoms with Crippen LogP contribution in [0.2, 0.25) is 30.1 Å². The van der Waals surface area contributed by atoms with Crippen molar-refractivity contribution in [3.8, 4) is 0 Å². The summed E-state index contributed by atoms with van der Waals surface area (Å²) in [5.74, 6) is -1.12. The fourth-order valence-electron chi connectivity index (χ4n) is 7.06. The number of nitrogens with one attached hydrogen (secondary N) is 1. The summed E-state index contributed by atoms with van der Waals surface area (Å²) in [5.41, 5.74) is 6.24. The van der Waals surface area contributed by atoms with Crippen LogP contribution in [0.1, 0.15) is 59.9 Å². The van der Waals surface area contributed by atoms with Gasteiger partial charge in [0.1, 0.15) is 9.21 Å². The molecule has 2 aliphatic rings. The molecule has 0 aliphatic carbocycles. The molecular formula is C50H49BBr2Cl6N6NaO7. The molecule has 23 heteroatoms. The van der Waals surface area contributed by atoms with E-state index in [1.807, 2.05) is 60.8 Å². The minimum atomic E-state index is -0.562. The van der Waals surface area contributed by atoms with E-state index in [0.29, 0.717) is 25.7 Å². The Labute approximate surface area is 495 Å². The smallest absolute Gasteiger partial charge is 1.00 e. The molecule has 2 fully saturated rings. The summed E-state index contributed by atoms with van der Waals surface area (Å²) in [6, 6.07) is 35.3. The first-order chi connectivity index (χ1) is 34.0. The molecule has 3 N–H and O–H groups in total. The van der Waals surface area contributed by atoms with Crippen LogP contribution in [-0.2, 0) is 30.4 Å². The number of benzene rings is 4. The summed E-state index contributed by atoms with van der Waals surface area (Å²) in [4.78, 5) is 53.7. The van der Waals surface area contributed by atoms with E-state index in [0.717, 1.165) is 82.7 Å². The molecule has 4 heterocycles. The number of aldehydes is 1. The molecule has 73 heavy (non-hydrogen) atoms. The molecule has 0 amide bonds. The average molecular weight is 1250 g/mol. The van der Waals surface area contributed by atoms with Gasteiger partial charge in [-0.15, -0.1) is 0 Å². The number of pyridine rings is 2. The van der Waals surface area contributed by atoms with E-state index in [-0.39, 0.29) is 47.1 Å². The number of ether oxygens (including phenoxy) is 1. The third-order valence-corrected chi connectivity index (χ3v) is 12.5. The normalized spacial score (nSPS) is 14.4. The molecule has 4 aromatic carbocycles. The first kappa shape index (κ1) is 67.7. The molecule has 6 aromatic rings. The van der Waals surface area contributed by atoms with Crippen LogP contribution in [0, 0.1) is 0 Å². The van der Waals surface area contributed by atoms with Gasteiger partial charge in [0.25, 0.3) is 0 Å². The number of carbonyl (C=O) groups is 3. The van der Waals surface area contributed by atoms with Crippen LogP contribution in [0.3, 0.4) is 0 Å². The van der Waals surface area contributed by atoms with E-state index in [9.17, 15) is 14.4 Å². The summed E-state index contributed by atoms with van der Waals surface area (Å²) < 4.78 is 13.3. The Kier molecular flexibility index (Phi) is 34.0. The zero-order valence-electron chi connectivity index (χ0n) is 40.0. The van der Waals surface area contributed by atoms with Crippen LogP contribution in [0.4, 0.5) is 11.4 Å². The maximum absolute atomic E-state index is 10.1. The van der Waals surface area contributed by atoms with Crippen LogP contribution in [0.25, 0.3) is 0 Å². The molecule has 0 spiro atoms. The number of nitrogens with zero attached hydrogens (tertiary/aromatic N) is 5. The number of piperazine rings is 2. The fourth-order valence-corrected chi connectivity index (χ4v) is 8.82. The van der Waals surface area contributed by atoms with E-state index < -0.39 is 11.9 Å². The summed E-state index contributed by atoms with van der Waals surface area (Å²) in [6.45, 7) is 9.90. The molecule has 13 nitrogen and oxygen atoms in total. The quantitative estimate of drug-likeness (QED) is 0.0402. The second-order valence-corrected chi connectivity index (χ2v) is 19.1. The van der Waals surface area contributed by atoms with E-state index in [2.05, 4.69) is 105 Å². The predicted octanol–water partition coefficient (Wildman–Crippen LogP) is 9.21. The van der Waals surface area contributed by atoms with Crippen molar-refractivity contribution < 1.29 is 63.7 Å². The number of carbonyl (C=O) groups excluding carboxylic acids is 4. The Balaban J connectivity index is 0.000000527. The zero-order valence-corrected chi connectivity index (χ0v) is 49.7. The van der Waals surface area contributed by atoms with Crippen molar-refractivity contribution in [2.45, 2.75) is 39.4 Å². The molecule has 2 atom stereocenters. The number of halogens is 8. The van der Waals surface area contributed by atoms with Crippen molar-refractivity contribution in [1.29, 1.82) is 0 Å². The van der Waals surface area contributed by atoms with Crippen LogP contribution in [0.5, 0.6) is 0 Å². The van der Waals surface area contributed by atoms with Crippen LogP contribution < -0.4 is 44.7 Å². The number of esters is 2. The van der Waals surface area contributed by atoms with Gasteiger partial charge in [0.15, 0.2) is 6.29 Å². The second-order valence-electron chi connectivity index (χ2n) is 15.0. The summed E-state index contributed by atoms with van der Waals surface area (Å²) in [7, 11) is 3.25. The number of rotatable bonds is 7. The van der Waals surface area contributed by atoms with Crippen molar-refractivity contribution in [3.63, 3.8) is 0 Å². The van der Waals surface area contributed by atoms with Crippen LogP contribution in [0.15, 0.2) is 131 Å². The topological polar surface area (TPSA) is 174 Å². The third kappa shape index (κ3) is 24.1. The van der Waals surface area contributed by atoms with Crippen LogP contribution >= 0.6 is 101 Å². The van der Waals surface area contributed by atoms with Gasteiger partial charge in [0.2, 0.25) is 0 Å². The standard InChI is InChI=1S/C22H19BrCl3N3.C16H15Cl3N2.C6H4BrNO.C4H6O3.C2H3O.BO.Na.H2O/c23-22-8-1-15(12-27-22)13-28-9-10-29(20-7-6-18(25)11-19(20)26)21(14-28)16-2-4-17(24)5-3-16;17-12-3-1-11(2-4-12)16-10-20-7-8-21(16)15-6-5-13(18)9-14(15)19;7-6-2-1-5(4-9)3-8-6;1-3(5)7-4(2)6;1-2-3;1-2;;/h1-8,11-12,21H,9-10,13-14H2;1-6,9,16,20H,7-8,10H2;1-4H;1-2H3;1H3;;;1H2/q;;;;-1;;+1;/t21-;16-;;;;;;/m00....../s1. The fraction of sp³-hybridized carbons (Fsp3) is 0.240. The molecular weight excluding hydrogens is 1200 g/mol. The van der Waals surface area contributed by atoms with Crippen molar-refractivity contribution in [2.75, 3.05) is 49.1 Å². The maximum Gasteiger partial charge on any atom is 1.00 e. The maximum atomic E-state index is 10.1. The van der Waals surface area contributed by atoms with Gasteiger partial charge in [-0.1, -0.05) is 99.9 Å². The van der Waals surface area contributed by atoms with Crippen molar-refractivity contribution in [3.05, 3.63) is 183 Å². The first-order valence-electron chi connectivity index (χ1n) is 21.3. The third-order valence-electron chi connectivity index (χ3n) is 10.0. The molecule has 0 bridgehead atoms. The molecule has 2 aromatic heterocycles. The van der Waals surface area contributed by atoms with Crippen molar-refractivity contribution >= 4 is 145 Å². The largest absolute Gasteiger partial charge is 1.00 e. The van der Waals surface area contributed by atoms with E-state index in [1.54, 1.807) is 24.3 Å². The summed E-state index contributed by atoms with van der Waals surface area (Å²) in [5, 5.41) is 7.57. The number of anilines is 2. The Hall–Kier alpha value is -3.30. The molecule has 1 radical (unpaired) electrons. The Morgan fingerprint density at radius 2 is 1.15 bits per heavy atom. The zero-order chi connectivity index (χ0) is 52.5. The summed E-state index contributed by atoms with van der Waals surface area (Å²) >= 11 is 43.7. The van der Waals surface area contributed by atoms with Gasteiger partial charge >= 0.3 is 53.9 Å². The van der Waals surface area contributed by atoms with Gasteiger partial charge in [0.05, 0.1) is 33.5 Å². The van der Waals surface area contributed by atoms with E-state index in [4.69, 9.17) is 79.1 Å². The van der Waals surface area contributed by atoms with E-state index in [1.165, 1.54) is 49.9 Å². The molecule has 0 unspecified atom stereocenters. The van der Waals surface area contributed by atoms with Gasteiger partial charge < -0.3 is 30.1 Å². The molecule has 8 rings (SSSR count). The van der Waals surface area contributed by atoms with E-state index >= 15 is 0 Å². The average Bonchev–Trinajstić information content (AvgIpc) is 3.34. The minimum Gasteiger partial charge on any atom is 1.00 e. The predicted molar refractivity (Wildman–Crippen MR) is 297 cm³/mol. The number of hydrogen-bond acceptors (Lipinski definition) is 12. The van der Waals surface area contributed by atoms with Crippen molar-refractivity contribution in [2.24, 2.45) is 0 Å². The Morgan fingerprint density at radius 1 is 0.699 bits per heavy atom. The van der Waals surface area contributed by atoms with Gasteiger partial charge in [-0.3, -0.25) is 25.6 Å². The Morgan fingerprint density at radius 3 is 1.56 bits per heavy atom. The molecule has 2 saturated heterocycles. The monoisotopic (exact) mass is 1250 g/mol. The number of hydrogen-bond donors (Lipinski definition) is 1. The second kappa shape index (κ2) is 36.6. The van der Waals surface area contributed by atoms with Crippen LogP contribution in [-0.4, -0.2) is 91.8 Å². The SMILES string of the molecule is CC(=O)OC(C)=O.C[C-]=O.Clc1ccc([C@@H]2CN(Cc3ccc(Br)nc3)CCN2c2ccc(Cl)cc2Cl)cc1.Clc1ccc([C@@H]2CNCCN2c2ccc(Cl)cc2Cl)cc1.O.O=Cc1ccc(Br)nc1.[B]=O.[Na+]. The van der Waals surface area contributed by atoms with Gasteiger partial charge in [0, 0.05) is 97.7 Å². The summed E-state index contributed by atoms with van der Waals surface area (Å²) in [6.07, 6.45) is 5.69. The number of aromatic nitrogens is 2. The van der Waals surface area contributed by atoms with Gasteiger partial charge in [-0.05, 0) is 127 Å². The molecule has 0 saturated carbocycles. The molecule has 381 valence electrons. The minimum absolute atomic E-state index is 0. The van der Waals surface area contributed by atoms with Gasteiger partial charge in [-0.25, -0.2) is 9.97 Å². The van der Waals surface area contributed by atoms with Gasteiger partial charge in [-0.2, -0.15) is 6.92 Å². The van der Waals surface area contributed by atoms with Crippen molar-refractivity contribution in [1.82, 2.24) is 20.2 Å². The Bertz CT molecular complexity index is 2610.